The Morgan fingerprint density at radius 1 is 1.00 bits per heavy atom. The molecule has 0 bridgehead atoms. The molecule has 2 saturated carbocycles. The van der Waals surface area contributed by atoms with E-state index in [-0.39, 0.29) is 11.9 Å². The van der Waals surface area contributed by atoms with E-state index in [2.05, 4.69) is 5.32 Å². The molecule has 0 aromatic heterocycles. The van der Waals surface area contributed by atoms with Crippen molar-refractivity contribution in [1.29, 1.82) is 0 Å². The third-order valence-corrected chi connectivity index (χ3v) is 4.39. The van der Waals surface area contributed by atoms with Gasteiger partial charge in [-0.3, -0.25) is 4.79 Å². The van der Waals surface area contributed by atoms with Crippen LogP contribution in [0.1, 0.15) is 64.2 Å². The normalized spacial score (nSPS) is 31.1. The van der Waals surface area contributed by atoms with E-state index in [1.807, 2.05) is 0 Å². The van der Waals surface area contributed by atoms with Crippen LogP contribution in [0.3, 0.4) is 0 Å². The molecule has 17 heavy (non-hydrogen) atoms. The van der Waals surface area contributed by atoms with E-state index in [0.29, 0.717) is 18.4 Å². The van der Waals surface area contributed by atoms with Crippen LogP contribution in [0.15, 0.2) is 0 Å². The molecule has 98 valence electrons. The Balaban J connectivity index is 1.72. The van der Waals surface area contributed by atoms with Gasteiger partial charge < -0.3 is 11.1 Å². The van der Waals surface area contributed by atoms with Crippen LogP contribution >= 0.6 is 0 Å². The van der Waals surface area contributed by atoms with Gasteiger partial charge in [-0.25, -0.2) is 0 Å². The van der Waals surface area contributed by atoms with E-state index in [4.69, 9.17) is 5.73 Å². The minimum absolute atomic E-state index is 0.235. The van der Waals surface area contributed by atoms with Gasteiger partial charge in [0.15, 0.2) is 0 Å². The van der Waals surface area contributed by atoms with Crippen molar-refractivity contribution in [2.24, 2.45) is 11.7 Å². The van der Waals surface area contributed by atoms with Crippen LogP contribution in [0.25, 0.3) is 0 Å². The lowest BCUT2D eigenvalue weighted by Gasteiger charge is -2.19. The first-order valence-corrected chi connectivity index (χ1v) is 7.30. The van der Waals surface area contributed by atoms with E-state index in [0.717, 1.165) is 12.8 Å². The first kappa shape index (κ1) is 12.9. The number of amides is 1. The number of nitrogens with two attached hydrogens (primary N) is 1. The van der Waals surface area contributed by atoms with Gasteiger partial charge in [-0.15, -0.1) is 0 Å². The Kier molecular flexibility index (Phi) is 4.84. The summed E-state index contributed by atoms with van der Waals surface area (Å²) in [4.78, 5) is 12.0. The van der Waals surface area contributed by atoms with Gasteiger partial charge in [-0.1, -0.05) is 32.1 Å². The number of hydrogen-bond donors (Lipinski definition) is 2. The van der Waals surface area contributed by atoms with Crippen LogP contribution in [0.2, 0.25) is 0 Å². The summed E-state index contributed by atoms with van der Waals surface area (Å²) in [5, 5.41) is 3.21. The smallest absolute Gasteiger partial charge is 0.220 e. The Bertz CT molecular complexity index is 247. The molecule has 0 aromatic rings. The second-order valence-electron chi connectivity index (χ2n) is 5.81. The lowest BCUT2D eigenvalue weighted by Crippen LogP contribution is -2.37. The molecule has 2 rings (SSSR count). The molecule has 2 atom stereocenters. The van der Waals surface area contributed by atoms with E-state index < -0.39 is 0 Å². The monoisotopic (exact) mass is 238 g/mol. The summed E-state index contributed by atoms with van der Waals surface area (Å²) in [6.07, 6.45) is 11.6. The molecule has 2 fully saturated rings. The van der Waals surface area contributed by atoms with Crippen molar-refractivity contribution in [3.63, 3.8) is 0 Å². The zero-order valence-electron chi connectivity index (χ0n) is 10.8. The molecule has 3 heteroatoms. The van der Waals surface area contributed by atoms with Gasteiger partial charge in [0.1, 0.15) is 0 Å². The molecule has 3 nitrogen and oxygen atoms in total. The standard InChI is InChI=1S/C14H26N2O/c15-13-9-5-6-11(13)10-14(17)16-12-7-3-1-2-4-8-12/h11-13H,1-10,15H2,(H,16,17)/t11-,13+/m0/s1. The molecule has 0 aromatic carbocycles. The summed E-state index contributed by atoms with van der Waals surface area (Å²) in [5.74, 6) is 0.667. The molecule has 0 aliphatic heterocycles. The largest absolute Gasteiger partial charge is 0.353 e. The highest BCUT2D eigenvalue weighted by atomic mass is 16.1. The zero-order valence-corrected chi connectivity index (χ0v) is 10.8. The molecule has 2 aliphatic rings. The highest BCUT2D eigenvalue weighted by Crippen LogP contribution is 2.27. The van der Waals surface area contributed by atoms with Crippen LogP contribution in [0.5, 0.6) is 0 Å². The Morgan fingerprint density at radius 2 is 1.71 bits per heavy atom. The minimum atomic E-state index is 0.235. The lowest BCUT2D eigenvalue weighted by molar-refractivity contribution is -0.122. The van der Waals surface area contributed by atoms with Crippen LogP contribution in [0.4, 0.5) is 0 Å². The van der Waals surface area contributed by atoms with E-state index in [9.17, 15) is 4.79 Å². The molecule has 0 radical (unpaired) electrons. The van der Waals surface area contributed by atoms with Gasteiger partial charge >= 0.3 is 0 Å². The molecule has 2 aliphatic carbocycles. The maximum atomic E-state index is 12.0. The maximum absolute atomic E-state index is 12.0. The number of nitrogens with one attached hydrogen (secondary N) is 1. The fourth-order valence-corrected chi connectivity index (χ4v) is 3.27. The van der Waals surface area contributed by atoms with Crippen molar-refractivity contribution < 1.29 is 4.79 Å². The quantitative estimate of drug-likeness (QED) is 0.742. The van der Waals surface area contributed by atoms with E-state index in [1.54, 1.807) is 0 Å². The molecular weight excluding hydrogens is 212 g/mol. The third kappa shape index (κ3) is 3.98. The van der Waals surface area contributed by atoms with Crippen molar-refractivity contribution in [3.05, 3.63) is 0 Å². The van der Waals surface area contributed by atoms with Gasteiger partial charge in [0.05, 0.1) is 0 Å². The van der Waals surface area contributed by atoms with Gasteiger partial charge in [0, 0.05) is 18.5 Å². The highest BCUT2D eigenvalue weighted by Gasteiger charge is 2.26. The Labute approximate surface area is 105 Å². The van der Waals surface area contributed by atoms with Crippen LogP contribution in [-0.2, 0) is 4.79 Å². The third-order valence-electron chi connectivity index (χ3n) is 4.39. The second-order valence-corrected chi connectivity index (χ2v) is 5.81. The Morgan fingerprint density at radius 3 is 2.29 bits per heavy atom. The van der Waals surface area contributed by atoms with Crippen molar-refractivity contribution in [2.45, 2.75) is 76.3 Å². The fraction of sp³-hybridized carbons (Fsp3) is 0.929. The van der Waals surface area contributed by atoms with Crippen molar-refractivity contribution in [3.8, 4) is 0 Å². The van der Waals surface area contributed by atoms with Crippen molar-refractivity contribution >= 4 is 5.91 Å². The van der Waals surface area contributed by atoms with Gasteiger partial charge in [0.2, 0.25) is 5.91 Å². The maximum Gasteiger partial charge on any atom is 0.220 e. The van der Waals surface area contributed by atoms with E-state index in [1.165, 1.54) is 44.9 Å². The van der Waals surface area contributed by atoms with E-state index >= 15 is 0 Å². The molecule has 0 saturated heterocycles. The molecule has 0 unspecified atom stereocenters. The zero-order chi connectivity index (χ0) is 12.1. The molecule has 3 N–H and O–H groups in total. The van der Waals surface area contributed by atoms with Crippen molar-refractivity contribution in [2.75, 3.05) is 0 Å². The predicted octanol–water partition coefficient (Wildman–Crippen LogP) is 2.34. The summed E-state index contributed by atoms with van der Waals surface area (Å²) < 4.78 is 0. The Hall–Kier alpha value is -0.570. The second kappa shape index (κ2) is 6.39. The SMILES string of the molecule is N[C@@H]1CCC[C@H]1CC(=O)NC1CCCCCC1. The molecule has 1 amide bonds. The van der Waals surface area contributed by atoms with Crippen LogP contribution < -0.4 is 11.1 Å². The number of carbonyl (C=O) groups is 1. The van der Waals surface area contributed by atoms with Crippen molar-refractivity contribution in [1.82, 2.24) is 5.32 Å². The average Bonchev–Trinajstić information content (AvgIpc) is 2.55. The van der Waals surface area contributed by atoms with Gasteiger partial charge in [-0.05, 0) is 31.6 Å². The van der Waals surface area contributed by atoms with Crippen LogP contribution in [0, 0.1) is 5.92 Å². The summed E-state index contributed by atoms with van der Waals surface area (Å²) in [5.41, 5.74) is 6.01. The summed E-state index contributed by atoms with van der Waals surface area (Å²) in [6.45, 7) is 0. The number of carbonyl (C=O) groups excluding carboxylic acids is 1. The predicted molar refractivity (Wildman–Crippen MR) is 69.6 cm³/mol. The van der Waals surface area contributed by atoms with Crippen LogP contribution in [-0.4, -0.2) is 18.0 Å². The number of hydrogen-bond acceptors (Lipinski definition) is 2. The fourth-order valence-electron chi connectivity index (χ4n) is 3.27. The van der Waals surface area contributed by atoms with Gasteiger partial charge in [0.25, 0.3) is 0 Å². The lowest BCUT2D eigenvalue weighted by atomic mass is 9.99. The topological polar surface area (TPSA) is 55.1 Å². The average molecular weight is 238 g/mol. The first-order chi connectivity index (χ1) is 8.25. The highest BCUT2D eigenvalue weighted by molar-refractivity contribution is 5.76. The first-order valence-electron chi connectivity index (χ1n) is 7.30. The minimum Gasteiger partial charge on any atom is -0.353 e. The summed E-state index contributed by atoms with van der Waals surface area (Å²) in [6, 6.07) is 0.692. The summed E-state index contributed by atoms with van der Waals surface area (Å²) >= 11 is 0. The van der Waals surface area contributed by atoms with Gasteiger partial charge in [-0.2, -0.15) is 0 Å². The number of rotatable bonds is 3. The summed E-state index contributed by atoms with van der Waals surface area (Å²) in [7, 11) is 0. The molecule has 0 spiro atoms. The molecular formula is C14H26N2O. The molecule has 0 heterocycles.